The molecule has 168 valence electrons. The maximum atomic E-state index is 13.0. The summed E-state index contributed by atoms with van der Waals surface area (Å²) in [4.78, 5) is 14.6. The number of carbonyl (C=O) groups excluding carboxylic acids is 1. The van der Waals surface area contributed by atoms with Gasteiger partial charge in [0.1, 0.15) is 0 Å². The quantitative estimate of drug-likeness (QED) is 0.671. The summed E-state index contributed by atoms with van der Waals surface area (Å²) >= 11 is 0. The summed E-state index contributed by atoms with van der Waals surface area (Å²) in [6.07, 6.45) is 0. The van der Waals surface area contributed by atoms with Crippen LogP contribution in [-0.4, -0.2) is 63.4 Å². The first-order valence-corrected chi connectivity index (χ1v) is 11.1. The van der Waals surface area contributed by atoms with Crippen LogP contribution in [0.2, 0.25) is 0 Å². The summed E-state index contributed by atoms with van der Waals surface area (Å²) in [7, 11) is -2.37. The predicted octanol–water partition coefficient (Wildman–Crippen LogP) is 3.06. The third-order valence-electron chi connectivity index (χ3n) is 5.11. The van der Waals surface area contributed by atoms with Crippen LogP contribution in [-0.2, 0) is 10.0 Å². The van der Waals surface area contributed by atoms with Crippen LogP contribution in [0.1, 0.15) is 21.5 Å². The number of hydrogen-bond acceptors (Lipinski definition) is 5. The van der Waals surface area contributed by atoms with E-state index in [-0.39, 0.29) is 48.1 Å². The number of piperazine rings is 1. The highest BCUT2D eigenvalue weighted by Crippen LogP contribution is 2.30. The molecule has 2 aromatic rings. The van der Waals surface area contributed by atoms with Gasteiger partial charge in [-0.3, -0.25) is 4.79 Å². The van der Waals surface area contributed by atoms with Gasteiger partial charge in [-0.15, -0.1) is 0 Å². The molecule has 0 aromatic heterocycles. The van der Waals surface area contributed by atoms with Gasteiger partial charge >= 0.3 is 6.61 Å². The third kappa shape index (κ3) is 4.96. The number of benzene rings is 2. The van der Waals surface area contributed by atoms with Crippen LogP contribution in [0, 0.1) is 13.8 Å². The Kier molecular flexibility index (Phi) is 6.80. The Hall–Kier alpha value is -2.72. The van der Waals surface area contributed by atoms with Crippen LogP contribution in [0.5, 0.6) is 11.5 Å². The summed E-state index contributed by atoms with van der Waals surface area (Å²) in [6, 6.07) is 9.30. The summed E-state index contributed by atoms with van der Waals surface area (Å²) in [5, 5.41) is 0. The number of amides is 1. The molecule has 7 nitrogen and oxygen atoms in total. The largest absolute Gasteiger partial charge is 0.493 e. The van der Waals surface area contributed by atoms with Gasteiger partial charge in [0, 0.05) is 31.7 Å². The summed E-state index contributed by atoms with van der Waals surface area (Å²) < 4.78 is 62.1. The van der Waals surface area contributed by atoms with E-state index in [9.17, 15) is 22.0 Å². The minimum Gasteiger partial charge on any atom is -0.493 e. The van der Waals surface area contributed by atoms with Crippen molar-refractivity contribution >= 4 is 15.9 Å². The first-order chi connectivity index (χ1) is 14.6. The van der Waals surface area contributed by atoms with Gasteiger partial charge in [-0.05, 0) is 49.2 Å². The summed E-state index contributed by atoms with van der Waals surface area (Å²) in [6.45, 7) is 1.15. The molecule has 1 saturated heterocycles. The third-order valence-corrected chi connectivity index (χ3v) is 7.15. The Morgan fingerprint density at radius 1 is 1.00 bits per heavy atom. The van der Waals surface area contributed by atoms with Crippen LogP contribution in [0.25, 0.3) is 0 Å². The number of methoxy groups -OCH3 is 1. The molecule has 1 heterocycles. The molecule has 31 heavy (non-hydrogen) atoms. The second-order valence-electron chi connectivity index (χ2n) is 7.21. The second-order valence-corrected chi connectivity index (χ2v) is 9.12. The highest BCUT2D eigenvalue weighted by atomic mass is 32.2. The maximum absolute atomic E-state index is 13.0. The molecule has 10 heteroatoms. The first kappa shape index (κ1) is 23.0. The smallest absolute Gasteiger partial charge is 0.387 e. The average Bonchev–Trinajstić information content (AvgIpc) is 2.74. The molecule has 1 aliphatic rings. The van der Waals surface area contributed by atoms with E-state index in [0.29, 0.717) is 5.56 Å². The molecule has 0 unspecified atom stereocenters. The summed E-state index contributed by atoms with van der Waals surface area (Å²) in [5.74, 6) is -0.550. The monoisotopic (exact) mass is 454 g/mol. The number of hydrogen-bond donors (Lipinski definition) is 0. The van der Waals surface area contributed by atoms with E-state index in [1.807, 2.05) is 13.0 Å². The van der Waals surface area contributed by atoms with Crippen molar-refractivity contribution < 1.29 is 31.5 Å². The molecule has 0 bridgehead atoms. The van der Waals surface area contributed by atoms with Crippen molar-refractivity contribution in [2.45, 2.75) is 25.4 Å². The molecule has 0 saturated carbocycles. The summed E-state index contributed by atoms with van der Waals surface area (Å²) in [5.41, 5.74) is 1.66. The molecule has 0 spiro atoms. The number of sulfonamides is 1. The van der Waals surface area contributed by atoms with Gasteiger partial charge in [-0.25, -0.2) is 8.42 Å². The number of alkyl halides is 2. The number of halogens is 2. The van der Waals surface area contributed by atoms with E-state index >= 15 is 0 Å². The van der Waals surface area contributed by atoms with E-state index < -0.39 is 22.5 Å². The first-order valence-electron chi connectivity index (χ1n) is 9.63. The van der Waals surface area contributed by atoms with Crippen molar-refractivity contribution in [1.82, 2.24) is 9.21 Å². The van der Waals surface area contributed by atoms with Gasteiger partial charge in [0.15, 0.2) is 11.5 Å². The molecule has 3 rings (SSSR count). The molecule has 0 atom stereocenters. The van der Waals surface area contributed by atoms with E-state index in [4.69, 9.17) is 4.74 Å². The molecular weight excluding hydrogens is 430 g/mol. The fourth-order valence-corrected chi connectivity index (χ4v) is 5.17. The zero-order valence-electron chi connectivity index (χ0n) is 17.5. The van der Waals surface area contributed by atoms with Crippen molar-refractivity contribution in [2.75, 3.05) is 33.3 Å². The lowest BCUT2D eigenvalue weighted by Gasteiger charge is -2.34. The zero-order valence-corrected chi connectivity index (χ0v) is 18.3. The van der Waals surface area contributed by atoms with Crippen molar-refractivity contribution in [3.63, 3.8) is 0 Å². The molecule has 0 aliphatic carbocycles. The van der Waals surface area contributed by atoms with E-state index in [0.717, 1.165) is 5.56 Å². The minimum atomic E-state index is -3.68. The standard InChI is InChI=1S/C21H24F2N2O5S/c1-14-4-5-15(2)19(12-14)31(27,28)25-10-8-24(9-11-25)20(26)16-6-7-17(29-3)18(13-16)30-21(22)23/h4-7,12-13,21H,8-11H2,1-3H3. The van der Waals surface area contributed by atoms with Crippen molar-refractivity contribution in [3.05, 3.63) is 53.1 Å². The Bertz CT molecular complexity index is 1070. The average molecular weight is 454 g/mol. The predicted molar refractivity (Wildman–Crippen MR) is 110 cm³/mol. The van der Waals surface area contributed by atoms with Crippen molar-refractivity contribution in [2.24, 2.45) is 0 Å². The van der Waals surface area contributed by atoms with Gasteiger partial charge in [0.25, 0.3) is 5.91 Å². The molecular formula is C21H24F2N2O5S. The lowest BCUT2D eigenvalue weighted by molar-refractivity contribution is -0.0512. The number of aryl methyl sites for hydroxylation is 2. The number of ether oxygens (including phenoxy) is 2. The van der Waals surface area contributed by atoms with Gasteiger partial charge in [-0.1, -0.05) is 12.1 Å². The Labute approximate surface area is 180 Å². The van der Waals surface area contributed by atoms with Gasteiger partial charge < -0.3 is 14.4 Å². The normalized spacial score (nSPS) is 15.2. The number of rotatable bonds is 6. The van der Waals surface area contributed by atoms with Crippen molar-refractivity contribution in [1.29, 1.82) is 0 Å². The molecule has 0 radical (unpaired) electrons. The fourth-order valence-electron chi connectivity index (χ4n) is 3.44. The van der Waals surface area contributed by atoms with Gasteiger partial charge in [-0.2, -0.15) is 13.1 Å². The second kappa shape index (κ2) is 9.19. The molecule has 0 N–H and O–H groups in total. The Balaban J connectivity index is 1.73. The Morgan fingerprint density at radius 3 is 2.29 bits per heavy atom. The molecule has 1 amide bonds. The van der Waals surface area contributed by atoms with Crippen molar-refractivity contribution in [3.8, 4) is 11.5 Å². The molecule has 1 fully saturated rings. The van der Waals surface area contributed by atoms with Gasteiger partial charge in [0.2, 0.25) is 10.0 Å². The van der Waals surface area contributed by atoms with E-state index in [2.05, 4.69) is 4.74 Å². The highest BCUT2D eigenvalue weighted by molar-refractivity contribution is 7.89. The van der Waals surface area contributed by atoms with Gasteiger partial charge in [0.05, 0.1) is 12.0 Å². The van der Waals surface area contributed by atoms with Crippen LogP contribution < -0.4 is 9.47 Å². The fraction of sp³-hybridized carbons (Fsp3) is 0.381. The minimum absolute atomic E-state index is 0.0845. The molecule has 2 aromatic carbocycles. The topological polar surface area (TPSA) is 76.2 Å². The number of nitrogens with zero attached hydrogens (tertiary/aromatic N) is 2. The van der Waals surface area contributed by atoms with Crippen LogP contribution in [0.4, 0.5) is 8.78 Å². The van der Waals surface area contributed by atoms with Crippen LogP contribution in [0.15, 0.2) is 41.3 Å². The lowest BCUT2D eigenvalue weighted by atomic mass is 10.1. The van der Waals surface area contributed by atoms with Crippen LogP contribution in [0.3, 0.4) is 0 Å². The number of carbonyl (C=O) groups is 1. The molecule has 1 aliphatic heterocycles. The SMILES string of the molecule is COc1ccc(C(=O)N2CCN(S(=O)(=O)c3cc(C)ccc3C)CC2)cc1OC(F)F. The van der Waals surface area contributed by atoms with E-state index in [1.165, 1.54) is 34.5 Å². The maximum Gasteiger partial charge on any atom is 0.387 e. The lowest BCUT2D eigenvalue weighted by Crippen LogP contribution is -2.50. The highest BCUT2D eigenvalue weighted by Gasteiger charge is 2.31. The Morgan fingerprint density at radius 2 is 1.68 bits per heavy atom. The zero-order chi connectivity index (χ0) is 22.8. The van der Waals surface area contributed by atoms with E-state index in [1.54, 1.807) is 19.1 Å². The van der Waals surface area contributed by atoms with Crippen LogP contribution >= 0.6 is 0 Å².